The topological polar surface area (TPSA) is 12.0 Å². The molecule has 0 aromatic heterocycles. The normalized spacial score (nSPS) is 17.3. The van der Waals surface area contributed by atoms with Crippen molar-refractivity contribution in [2.75, 3.05) is 5.32 Å². The second-order valence-corrected chi connectivity index (χ2v) is 5.99. The first-order valence-corrected chi connectivity index (χ1v) is 7.30. The Morgan fingerprint density at radius 2 is 2.05 bits per heavy atom. The first-order valence-electron chi connectivity index (χ1n) is 6.13. The van der Waals surface area contributed by atoms with Crippen molar-refractivity contribution in [2.45, 2.75) is 18.9 Å². The number of benzene rings is 2. The fraction of sp³-hybridized carbons (Fsp3) is 0.200. The molecule has 2 aromatic rings. The maximum Gasteiger partial charge on any atom is 0.123 e. The summed E-state index contributed by atoms with van der Waals surface area (Å²) in [4.78, 5) is 0. The van der Waals surface area contributed by atoms with Crippen LogP contribution in [0, 0.1) is 5.82 Å². The van der Waals surface area contributed by atoms with Gasteiger partial charge in [0.2, 0.25) is 0 Å². The van der Waals surface area contributed by atoms with Crippen molar-refractivity contribution >= 4 is 33.2 Å². The Morgan fingerprint density at radius 1 is 1.21 bits per heavy atom. The van der Waals surface area contributed by atoms with Crippen LogP contribution in [0.3, 0.4) is 0 Å². The number of fused-ring (bicyclic) bond motifs is 1. The van der Waals surface area contributed by atoms with Gasteiger partial charge in [-0.15, -0.1) is 0 Å². The van der Waals surface area contributed by atoms with Crippen molar-refractivity contribution in [3.05, 3.63) is 62.8 Å². The molecule has 1 unspecified atom stereocenters. The fourth-order valence-corrected chi connectivity index (χ4v) is 3.07. The molecule has 3 rings (SSSR count). The summed E-state index contributed by atoms with van der Waals surface area (Å²) >= 11 is 9.52. The first kappa shape index (κ1) is 12.9. The summed E-state index contributed by atoms with van der Waals surface area (Å²) in [6, 6.07) is 10.9. The van der Waals surface area contributed by atoms with E-state index < -0.39 is 0 Å². The number of anilines is 1. The highest BCUT2D eigenvalue weighted by atomic mass is 79.9. The van der Waals surface area contributed by atoms with E-state index in [-0.39, 0.29) is 11.9 Å². The standard InChI is InChI=1S/C15H12BrClFN/c16-13-5-2-10(17)8-15(13)19-14-6-1-9-7-11(18)3-4-12(9)14/h2-5,7-8,14,19H,1,6H2. The molecule has 0 saturated heterocycles. The molecule has 2 aromatic carbocycles. The third-order valence-corrected chi connectivity index (χ3v) is 4.37. The quantitative estimate of drug-likeness (QED) is 0.778. The van der Waals surface area contributed by atoms with E-state index >= 15 is 0 Å². The van der Waals surface area contributed by atoms with Crippen molar-refractivity contribution in [2.24, 2.45) is 0 Å². The third kappa shape index (κ3) is 2.63. The summed E-state index contributed by atoms with van der Waals surface area (Å²) in [5, 5.41) is 4.17. The molecule has 0 aliphatic heterocycles. The van der Waals surface area contributed by atoms with Gasteiger partial charge in [0, 0.05) is 9.50 Å². The average molecular weight is 341 g/mol. The predicted molar refractivity (Wildman–Crippen MR) is 80.2 cm³/mol. The maximum absolute atomic E-state index is 13.2. The van der Waals surface area contributed by atoms with Crippen LogP contribution in [0.25, 0.3) is 0 Å². The zero-order valence-corrected chi connectivity index (χ0v) is 12.4. The van der Waals surface area contributed by atoms with Crippen LogP contribution < -0.4 is 5.32 Å². The van der Waals surface area contributed by atoms with Crippen LogP contribution in [-0.2, 0) is 6.42 Å². The van der Waals surface area contributed by atoms with Crippen molar-refractivity contribution in [1.82, 2.24) is 0 Å². The Labute approximate surface area is 124 Å². The molecule has 0 fully saturated rings. The summed E-state index contributed by atoms with van der Waals surface area (Å²) in [7, 11) is 0. The van der Waals surface area contributed by atoms with Gasteiger partial charge in [-0.2, -0.15) is 0 Å². The van der Waals surface area contributed by atoms with Crippen LogP contribution >= 0.6 is 27.5 Å². The molecule has 0 amide bonds. The molecule has 0 radical (unpaired) electrons. The van der Waals surface area contributed by atoms with Gasteiger partial charge in [-0.3, -0.25) is 0 Å². The van der Waals surface area contributed by atoms with Gasteiger partial charge < -0.3 is 5.32 Å². The molecular weight excluding hydrogens is 329 g/mol. The lowest BCUT2D eigenvalue weighted by atomic mass is 10.1. The largest absolute Gasteiger partial charge is 0.377 e. The van der Waals surface area contributed by atoms with Gasteiger partial charge in [0.15, 0.2) is 0 Å². The van der Waals surface area contributed by atoms with Crippen LogP contribution in [-0.4, -0.2) is 0 Å². The molecule has 0 heterocycles. The minimum Gasteiger partial charge on any atom is -0.377 e. The van der Waals surface area contributed by atoms with Crippen LogP contribution in [0.1, 0.15) is 23.6 Å². The minimum absolute atomic E-state index is 0.164. The molecule has 0 saturated carbocycles. The van der Waals surface area contributed by atoms with Crippen LogP contribution in [0.15, 0.2) is 40.9 Å². The van der Waals surface area contributed by atoms with E-state index in [2.05, 4.69) is 21.2 Å². The van der Waals surface area contributed by atoms with Crippen molar-refractivity contribution in [3.63, 3.8) is 0 Å². The summed E-state index contributed by atoms with van der Waals surface area (Å²) in [5.74, 6) is -0.164. The van der Waals surface area contributed by atoms with Gasteiger partial charge in [-0.05, 0) is 70.2 Å². The van der Waals surface area contributed by atoms with E-state index in [0.717, 1.165) is 28.6 Å². The van der Waals surface area contributed by atoms with Crippen LogP contribution in [0.4, 0.5) is 10.1 Å². The van der Waals surface area contributed by atoms with Gasteiger partial charge in [0.1, 0.15) is 5.82 Å². The van der Waals surface area contributed by atoms with E-state index in [1.165, 1.54) is 11.6 Å². The molecular formula is C15H12BrClFN. The molecule has 0 spiro atoms. The molecule has 1 aliphatic rings. The molecule has 0 bridgehead atoms. The maximum atomic E-state index is 13.2. The summed E-state index contributed by atoms with van der Waals surface area (Å²) in [5.41, 5.74) is 3.23. The van der Waals surface area contributed by atoms with Gasteiger partial charge in [0.05, 0.1) is 11.7 Å². The second kappa shape index (κ2) is 5.14. The van der Waals surface area contributed by atoms with Gasteiger partial charge in [-0.25, -0.2) is 4.39 Å². The zero-order valence-electron chi connectivity index (χ0n) is 10.1. The molecule has 1 N–H and O–H groups in total. The van der Waals surface area contributed by atoms with E-state index in [4.69, 9.17) is 11.6 Å². The number of aryl methyl sites for hydroxylation is 1. The highest BCUT2D eigenvalue weighted by Gasteiger charge is 2.23. The summed E-state index contributed by atoms with van der Waals surface area (Å²) in [6.45, 7) is 0. The number of nitrogens with one attached hydrogen (secondary N) is 1. The Morgan fingerprint density at radius 3 is 2.89 bits per heavy atom. The molecule has 1 nitrogen and oxygen atoms in total. The Hall–Kier alpha value is -1.06. The van der Waals surface area contributed by atoms with Crippen molar-refractivity contribution in [3.8, 4) is 0 Å². The lowest BCUT2D eigenvalue weighted by Crippen LogP contribution is -2.07. The smallest absolute Gasteiger partial charge is 0.123 e. The molecule has 19 heavy (non-hydrogen) atoms. The van der Waals surface area contributed by atoms with E-state index in [1.54, 1.807) is 6.07 Å². The van der Waals surface area contributed by atoms with Gasteiger partial charge in [-0.1, -0.05) is 17.7 Å². The predicted octanol–water partition coefficient (Wildman–Crippen LogP) is 5.34. The Bertz CT molecular complexity index is 630. The summed E-state index contributed by atoms with van der Waals surface area (Å²) < 4.78 is 14.2. The number of hydrogen-bond donors (Lipinski definition) is 1. The van der Waals surface area contributed by atoms with Crippen molar-refractivity contribution in [1.29, 1.82) is 0 Å². The Balaban J connectivity index is 1.88. The zero-order chi connectivity index (χ0) is 13.4. The number of halogens is 3. The monoisotopic (exact) mass is 339 g/mol. The highest BCUT2D eigenvalue weighted by molar-refractivity contribution is 9.10. The minimum atomic E-state index is -0.164. The van der Waals surface area contributed by atoms with Crippen molar-refractivity contribution < 1.29 is 4.39 Å². The SMILES string of the molecule is Fc1ccc2c(c1)CCC2Nc1cc(Cl)ccc1Br. The van der Waals surface area contributed by atoms with Gasteiger partial charge >= 0.3 is 0 Å². The second-order valence-electron chi connectivity index (χ2n) is 4.70. The average Bonchev–Trinajstić information content (AvgIpc) is 2.76. The lowest BCUT2D eigenvalue weighted by molar-refractivity contribution is 0.626. The molecule has 4 heteroatoms. The van der Waals surface area contributed by atoms with Crippen LogP contribution in [0.2, 0.25) is 5.02 Å². The molecule has 1 atom stereocenters. The van der Waals surface area contributed by atoms with E-state index in [9.17, 15) is 4.39 Å². The molecule has 98 valence electrons. The summed E-state index contributed by atoms with van der Waals surface area (Å²) in [6.07, 6.45) is 1.88. The van der Waals surface area contributed by atoms with E-state index in [1.807, 2.05) is 24.3 Å². The number of hydrogen-bond acceptors (Lipinski definition) is 1. The fourth-order valence-electron chi connectivity index (χ4n) is 2.53. The van der Waals surface area contributed by atoms with Crippen LogP contribution in [0.5, 0.6) is 0 Å². The van der Waals surface area contributed by atoms with Gasteiger partial charge in [0.25, 0.3) is 0 Å². The van der Waals surface area contributed by atoms with E-state index in [0.29, 0.717) is 5.02 Å². The Kier molecular flexibility index (Phi) is 3.50. The third-order valence-electron chi connectivity index (χ3n) is 3.44. The highest BCUT2D eigenvalue weighted by Crippen LogP contribution is 2.36. The lowest BCUT2D eigenvalue weighted by Gasteiger charge is -2.17. The first-order chi connectivity index (χ1) is 9.13. The molecule has 1 aliphatic carbocycles. The number of rotatable bonds is 2.